The predicted molar refractivity (Wildman–Crippen MR) is 99.2 cm³/mol. The second kappa shape index (κ2) is 8.87. The van der Waals surface area contributed by atoms with Gasteiger partial charge in [0.1, 0.15) is 5.75 Å². The number of methoxy groups -OCH3 is 1. The van der Waals surface area contributed by atoms with E-state index in [2.05, 4.69) is 5.32 Å². The normalized spacial score (nSPS) is 10.2. The molecule has 0 fully saturated rings. The summed E-state index contributed by atoms with van der Waals surface area (Å²) >= 11 is 0. The van der Waals surface area contributed by atoms with Gasteiger partial charge in [-0.05, 0) is 49.7 Å². The van der Waals surface area contributed by atoms with E-state index in [1.54, 1.807) is 36.3 Å². The van der Waals surface area contributed by atoms with E-state index in [1.807, 2.05) is 38.1 Å². The van der Waals surface area contributed by atoms with E-state index in [0.29, 0.717) is 17.9 Å². The maximum Gasteiger partial charge on any atom is 0.251 e. The SMILES string of the molecule is CCN(C(=O)CCNC(=O)c1cccc(OC)c1)c1cccc(C)c1. The topological polar surface area (TPSA) is 58.6 Å². The number of amides is 2. The quantitative estimate of drug-likeness (QED) is 0.842. The maximum absolute atomic E-state index is 12.5. The van der Waals surface area contributed by atoms with Crippen molar-refractivity contribution in [3.8, 4) is 5.75 Å². The number of hydrogen-bond acceptors (Lipinski definition) is 3. The Hall–Kier alpha value is -2.82. The number of rotatable bonds is 7. The standard InChI is InChI=1S/C20H24N2O3/c1-4-22(17-9-5-7-15(2)13-17)19(23)11-12-21-20(24)16-8-6-10-18(14-16)25-3/h5-10,13-14H,4,11-12H2,1-3H3,(H,21,24). The molecule has 0 spiro atoms. The summed E-state index contributed by atoms with van der Waals surface area (Å²) in [4.78, 5) is 26.3. The first-order valence-corrected chi connectivity index (χ1v) is 8.34. The molecule has 2 aromatic carbocycles. The van der Waals surface area contributed by atoms with Crippen molar-refractivity contribution in [1.29, 1.82) is 0 Å². The molecule has 0 aromatic heterocycles. The molecule has 0 saturated heterocycles. The van der Waals surface area contributed by atoms with Gasteiger partial charge in [0, 0.05) is 30.8 Å². The fourth-order valence-electron chi connectivity index (χ4n) is 2.58. The Bertz CT molecular complexity index is 743. The number of carbonyl (C=O) groups excluding carboxylic acids is 2. The lowest BCUT2D eigenvalue weighted by Crippen LogP contribution is -2.34. The minimum absolute atomic E-state index is 0.0148. The van der Waals surface area contributed by atoms with E-state index in [1.165, 1.54) is 0 Å². The molecule has 0 aliphatic rings. The number of nitrogens with zero attached hydrogens (tertiary/aromatic N) is 1. The summed E-state index contributed by atoms with van der Waals surface area (Å²) in [5.41, 5.74) is 2.50. The number of carbonyl (C=O) groups is 2. The van der Waals surface area contributed by atoms with E-state index in [4.69, 9.17) is 4.74 Å². The van der Waals surface area contributed by atoms with E-state index in [-0.39, 0.29) is 24.8 Å². The van der Waals surface area contributed by atoms with Crippen LogP contribution in [0.2, 0.25) is 0 Å². The first-order chi connectivity index (χ1) is 12.0. The highest BCUT2D eigenvalue weighted by Gasteiger charge is 2.14. The lowest BCUT2D eigenvalue weighted by molar-refractivity contribution is -0.118. The number of anilines is 1. The Labute approximate surface area is 148 Å². The molecule has 0 atom stereocenters. The van der Waals surface area contributed by atoms with Crippen molar-refractivity contribution < 1.29 is 14.3 Å². The van der Waals surface area contributed by atoms with Crippen molar-refractivity contribution in [1.82, 2.24) is 5.32 Å². The molecule has 25 heavy (non-hydrogen) atoms. The molecular formula is C20H24N2O3. The second-order valence-electron chi connectivity index (χ2n) is 5.71. The fourth-order valence-corrected chi connectivity index (χ4v) is 2.58. The van der Waals surface area contributed by atoms with Crippen LogP contribution in [-0.2, 0) is 4.79 Å². The molecule has 0 radical (unpaired) electrons. The maximum atomic E-state index is 12.5. The van der Waals surface area contributed by atoms with Crippen molar-refractivity contribution in [2.45, 2.75) is 20.3 Å². The molecule has 0 aliphatic heterocycles. The van der Waals surface area contributed by atoms with E-state index < -0.39 is 0 Å². The van der Waals surface area contributed by atoms with Crippen molar-refractivity contribution in [2.24, 2.45) is 0 Å². The minimum Gasteiger partial charge on any atom is -0.497 e. The van der Waals surface area contributed by atoms with Crippen LogP contribution in [0.3, 0.4) is 0 Å². The highest BCUT2D eigenvalue weighted by Crippen LogP contribution is 2.16. The fraction of sp³-hybridized carbons (Fsp3) is 0.300. The van der Waals surface area contributed by atoms with Crippen LogP contribution in [0.4, 0.5) is 5.69 Å². The molecule has 0 heterocycles. The molecular weight excluding hydrogens is 316 g/mol. The van der Waals surface area contributed by atoms with Crippen molar-refractivity contribution in [3.63, 3.8) is 0 Å². The van der Waals surface area contributed by atoms with Crippen molar-refractivity contribution in [2.75, 3.05) is 25.1 Å². The molecule has 0 aliphatic carbocycles. The smallest absolute Gasteiger partial charge is 0.251 e. The molecule has 1 N–H and O–H groups in total. The molecule has 2 amide bonds. The van der Waals surface area contributed by atoms with Crippen LogP contribution >= 0.6 is 0 Å². The van der Waals surface area contributed by atoms with E-state index in [9.17, 15) is 9.59 Å². The summed E-state index contributed by atoms with van der Waals surface area (Å²) in [5.74, 6) is 0.393. The first-order valence-electron chi connectivity index (χ1n) is 8.34. The van der Waals surface area contributed by atoms with E-state index >= 15 is 0 Å². The van der Waals surface area contributed by atoms with Crippen LogP contribution in [0, 0.1) is 6.92 Å². The largest absolute Gasteiger partial charge is 0.497 e. The summed E-state index contributed by atoms with van der Waals surface area (Å²) in [5, 5.41) is 2.78. The minimum atomic E-state index is -0.217. The summed E-state index contributed by atoms with van der Waals surface area (Å²) < 4.78 is 5.11. The van der Waals surface area contributed by atoms with Gasteiger partial charge in [0.25, 0.3) is 5.91 Å². The van der Waals surface area contributed by atoms with Crippen LogP contribution in [-0.4, -0.2) is 32.0 Å². The van der Waals surface area contributed by atoms with Crippen LogP contribution in [0.25, 0.3) is 0 Å². The second-order valence-corrected chi connectivity index (χ2v) is 5.71. The number of nitrogens with one attached hydrogen (secondary N) is 1. The predicted octanol–water partition coefficient (Wildman–Crippen LogP) is 3.18. The number of benzene rings is 2. The third kappa shape index (κ3) is 5.08. The van der Waals surface area contributed by atoms with Crippen LogP contribution in [0.15, 0.2) is 48.5 Å². The van der Waals surface area contributed by atoms with Gasteiger partial charge in [-0.3, -0.25) is 9.59 Å². The number of aryl methyl sites for hydroxylation is 1. The highest BCUT2D eigenvalue weighted by atomic mass is 16.5. The van der Waals surface area contributed by atoms with Gasteiger partial charge in [-0.15, -0.1) is 0 Å². The summed E-state index contributed by atoms with van der Waals surface area (Å²) in [6.07, 6.45) is 0.248. The third-order valence-electron chi connectivity index (χ3n) is 3.89. The monoisotopic (exact) mass is 340 g/mol. The third-order valence-corrected chi connectivity index (χ3v) is 3.89. The van der Waals surface area contributed by atoms with Crippen LogP contribution < -0.4 is 15.0 Å². The van der Waals surface area contributed by atoms with Gasteiger partial charge in [-0.2, -0.15) is 0 Å². The zero-order chi connectivity index (χ0) is 18.2. The lowest BCUT2D eigenvalue weighted by atomic mass is 10.2. The number of ether oxygens (including phenoxy) is 1. The Morgan fingerprint density at radius 2 is 1.88 bits per heavy atom. The van der Waals surface area contributed by atoms with Gasteiger partial charge >= 0.3 is 0 Å². The Morgan fingerprint density at radius 1 is 1.12 bits per heavy atom. The highest BCUT2D eigenvalue weighted by molar-refractivity contribution is 5.96. The van der Waals surface area contributed by atoms with Gasteiger partial charge in [-0.1, -0.05) is 18.2 Å². The van der Waals surface area contributed by atoms with Gasteiger partial charge in [0.05, 0.1) is 7.11 Å². The molecule has 132 valence electrons. The van der Waals surface area contributed by atoms with Gasteiger partial charge in [0.15, 0.2) is 0 Å². The first kappa shape index (κ1) is 18.5. The van der Waals surface area contributed by atoms with Crippen molar-refractivity contribution in [3.05, 3.63) is 59.7 Å². The summed E-state index contributed by atoms with van der Waals surface area (Å²) in [6, 6.07) is 14.8. The summed E-state index contributed by atoms with van der Waals surface area (Å²) in [6.45, 7) is 4.81. The molecule has 5 nitrogen and oxygen atoms in total. The zero-order valence-corrected chi connectivity index (χ0v) is 14.9. The lowest BCUT2D eigenvalue weighted by Gasteiger charge is -2.21. The van der Waals surface area contributed by atoms with Crippen molar-refractivity contribution >= 4 is 17.5 Å². The van der Waals surface area contributed by atoms with Crippen LogP contribution in [0.5, 0.6) is 5.75 Å². The summed E-state index contributed by atoms with van der Waals surface area (Å²) in [7, 11) is 1.56. The van der Waals surface area contributed by atoms with E-state index in [0.717, 1.165) is 11.3 Å². The molecule has 0 saturated carbocycles. The number of hydrogen-bond donors (Lipinski definition) is 1. The molecule has 0 bridgehead atoms. The van der Waals surface area contributed by atoms with Gasteiger partial charge in [-0.25, -0.2) is 0 Å². The average molecular weight is 340 g/mol. The Balaban J connectivity index is 1.91. The average Bonchev–Trinajstić information content (AvgIpc) is 2.62. The zero-order valence-electron chi connectivity index (χ0n) is 14.9. The Morgan fingerprint density at radius 3 is 2.56 bits per heavy atom. The Kier molecular flexibility index (Phi) is 6.57. The molecule has 2 rings (SSSR count). The molecule has 2 aromatic rings. The van der Waals surface area contributed by atoms with Gasteiger partial charge < -0.3 is 15.0 Å². The molecule has 5 heteroatoms. The van der Waals surface area contributed by atoms with Gasteiger partial charge in [0.2, 0.25) is 5.91 Å². The molecule has 0 unspecified atom stereocenters. The van der Waals surface area contributed by atoms with Crippen LogP contribution in [0.1, 0.15) is 29.3 Å².